The van der Waals surface area contributed by atoms with Crippen LogP contribution in [0.5, 0.6) is 0 Å². The third kappa shape index (κ3) is 5.53. The predicted octanol–water partition coefficient (Wildman–Crippen LogP) is 4.60. The van der Waals surface area contributed by atoms with Crippen LogP contribution in [0.2, 0.25) is 0 Å². The molecule has 32 heavy (non-hydrogen) atoms. The van der Waals surface area contributed by atoms with E-state index in [-0.39, 0.29) is 17.3 Å². The van der Waals surface area contributed by atoms with Crippen LogP contribution in [-0.2, 0) is 9.53 Å². The first-order chi connectivity index (χ1) is 15.5. The Labute approximate surface area is 193 Å². The number of nitrogens with zero attached hydrogens (tertiary/aromatic N) is 3. The molecule has 166 valence electrons. The molecule has 2 atom stereocenters. The maximum absolute atomic E-state index is 12.6. The lowest BCUT2D eigenvalue weighted by atomic mass is 10.0. The van der Waals surface area contributed by atoms with Gasteiger partial charge in [-0.05, 0) is 33.6 Å². The second-order valence-electron chi connectivity index (χ2n) is 8.16. The van der Waals surface area contributed by atoms with Crippen molar-refractivity contribution in [3.63, 3.8) is 0 Å². The average molecular weight is 449 g/mol. The van der Waals surface area contributed by atoms with Crippen LogP contribution >= 0.6 is 11.8 Å². The van der Waals surface area contributed by atoms with Crippen LogP contribution in [0.25, 0.3) is 22.5 Å². The molecule has 0 spiro atoms. The average Bonchev–Trinajstić information content (AvgIpc) is 3.32. The molecule has 2 heterocycles. The van der Waals surface area contributed by atoms with Crippen molar-refractivity contribution in [3.05, 3.63) is 59.7 Å². The van der Waals surface area contributed by atoms with E-state index in [0.29, 0.717) is 11.7 Å². The van der Waals surface area contributed by atoms with Crippen molar-refractivity contribution in [1.29, 1.82) is 0 Å². The number of aryl methyl sites for hydroxylation is 2. The second kappa shape index (κ2) is 10.2. The van der Waals surface area contributed by atoms with Gasteiger partial charge in [-0.2, -0.15) is 0 Å². The Bertz CT molecular complexity index is 1060. The first-order valence-corrected chi connectivity index (χ1v) is 11.8. The van der Waals surface area contributed by atoms with E-state index in [4.69, 9.17) is 9.72 Å². The molecule has 1 saturated heterocycles. The number of rotatable bonds is 7. The minimum absolute atomic E-state index is 0.0476. The standard InChI is InChI=1S/C25H28N4O2S/c1-16-6-10-19(11-7-16)22-23(20-12-8-17(2)9-13-20)28-29-25(27-22)32-18(3)24(30)26-15-21-5-4-14-31-21/h6-13,18,21H,4-5,14-15H2,1-3H3,(H,26,30)/t18-,21+/m0/s1. The zero-order valence-electron chi connectivity index (χ0n) is 18.7. The molecular formula is C25H28N4O2S. The van der Waals surface area contributed by atoms with E-state index in [1.54, 1.807) is 0 Å². The summed E-state index contributed by atoms with van der Waals surface area (Å²) in [5.74, 6) is -0.0476. The molecule has 4 rings (SSSR count). The number of hydrogen-bond donors (Lipinski definition) is 1. The molecule has 0 bridgehead atoms. The summed E-state index contributed by atoms with van der Waals surface area (Å²) >= 11 is 1.31. The number of benzene rings is 2. The zero-order valence-corrected chi connectivity index (χ0v) is 19.5. The van der Waals surface area contributed by atoms with E-state index in [9.17, 15) is 4.79 Å². The van der Waals surface area contributed by atoms with E-state index in [1.807, 2.05) is 31.2 Å². The Morgan fingerprint density at radius 2 is 1.66 bits per heavy atom. The lowest BCUT2D eigenvalue weighted by Crippen LogP contribution is -2.36. The molecule has 7 heteroatoms. The summed E-state index contributed by atoms with van der Waals surface area (Å²) in [7, 11) is 0. The molecule has 2 aromatic carbocycles. The minimum atomic E-state index is -0.339. The number of aromatic nitrogens is 3. The zero-order chi connectivity index (χ0) is 22.5. The number of thioether (sulfide) groups is 1. The molecule has 3 aromatic rings. The third-order valence-electron chi connectivity index (χ3n) is 5.50. The van der Waals surface area contributed by atoms with Crippen LogP contribution in [-0.4, -0.2) is 45.6 Å². The molecule has 1 aliphatic rings. The highest BCUT2D eigenvalue weighted by Crippen LogP contribution is 2.31. The maximum Gasteiger partial charge on any atom is 0.233 e. The van der Waals surface area contributed by atoms with Crippen molar-refractivity contribution < 1.29 is 9.53 Å². The van der Waals surface area contributed by atoms with Gasteiger partial charge in [0.2, 0.25) is 11.1 Å². The summed E-state index contributed by atoms with van der Waals surface area (Å²) in [6.45, 7) is 7.29. The lowest BCUT2D eigenvalue weighted by Gasteiger charge is -2.15. The van der Waals surface area contributed by atoms with Crippen LogP contribution in [0.1, 0.15) is 30.9 Å². The Balaban J connectivity index is 1.56. The minimum Gasteiger partial charge on any atom is -0.376 e. The van der Waals surface area contributed by atoms with E-state index in [0.717, 1.165) is 42.0 Å². The Morgan fingerprint density at radius 1 is 1.03 bits per heavy atom. The fourth-order valence-corrected chi connectivity index (χ4v) is 4.29. The van der Waals surface area contributed by atoms with Crippen LogP contribution in [0.3, 0.4) is 0 Å². The van der Waals surface area contributed by atoms with Crippen molar-refractivity contribution in [1.82, 2.24) is 20.5 Å². The van der Waals surface area contributed by atoms with Crippen LogP contribution < -0.4 is 5.32 Å². The number of carbonyl (C=O) groups excluding carboxylic acids is 1. The Hall–Kier alpha value is -2.77. The van der Waals surface area contributed by atoms with Crippen LogP contribution in [0.4, 0.5) is 0 Å². The van der Waals surface area contributed by atoms with Gasteiger partial charge in [0.25, 0.3) is 0 Å². The summed E-state index contributed by atoms with van der Waals surface area (Å²) in [4.78, 5) is 17.4. The lowest BCUT2D eigenvalue weighted by molar-refractivity contribution is -0.120. The summed E-state index contributed by atoms with van der Waals surface area (Å²) < 4.78 is 5.58. The molecule has 1 aliphatic heterocycles. The molecule has 6 nitrogen and oxygen atoms in total. The summed E-state index contributed by atoms with van der Waals surface area (Å²) in [6, 6.07) is 16.4. The number of ether oxygens (including phenoxy) is 1. The van der Waals surface area contributed by atoms with Crippen molar-refractivity contribution in [2.75, 3.05) is 13.2 Å². The molecule has 1 amide bonds. The number of hydrogen-bond acceptors (Lipinski definition) is 6. The van der Waals surface area contributed by atoms with Crippen molar-refractivity contribution >= 4 is 17.7 Å². The quantitative estimate of drug-likeness (QED) is 0.533. The van der Waals surface area contributed by atoms with E-state index in [2.05, 4.69) is 53.6 Å². The predicted molar refractivity (Wildman–Crippen MR) is 127 cm³/mol. The summed E-state index contributed by atoms with van der Waals surface area (Å²) in [5, 5.41) is 12.0. The van der Waals surface area contributed by atoms with Gasteiger partial charge in [-0.15, -0.1) is 10.2 Å². The molecule has 0 radical (unpaired) electrons. The Kier molecular flexibility index (Phi) is 7.17. The van der Waals surface area contributed by atoms with Gasteiger partial charge in [0.15, 0.2) is 0 Å². The van der Waals surface area contributed by atoms with Crippen LogP contribution in [0.15, 0.2) is 53.7 Å². The summed E-state index contributed by atoms with van der Waals surface area (Å²) in [5.41, 5.74) is 5.79. The SMILES string of the molecule is Cc1ccc(-c2nnc(S[C@@H](C)C(=O)NC[C@H]3CCCO3)nc2-c2ccc(C)cc2)cc1. The van der Waals surface area contributed by atoms with Gasteiger partial charge < -0.3 is 10.1 Å². The largest absolute Gasteiger partial charge is 0.376 e. The van der Waals surface area contributed by atoms with Crippen molar-refractivity contribution in [2.45, 2.75) is 50.1 Å². The fraction of sp³-hybridized carbons (Fsp3) is 0.360. The molecule has 0 aliphatic carbocycles. The summed E-state index contributed by atoms with van der Waals surface area (Å²) in [6.07, 6.45) is 2.17. The van der Waals surface area contributed by atoms with Gasteiger partial charge in [0.1, 0.15) is 11.4 Å². The normalized spacial score (nSPS) is 16.7. The maximum atomic E-state index is 12.6. The molecule has 1 aromatic heterocycles. The fourth-order valence-electron chi connectivity index (χ4n) is 3.55. The van der Waals surface area contributed by atoms with Gasteiger partial charge in [-0.3, -0.25) is 4.79 Å². The number of amides is 1. The van der Waals surface area contributed by atoms with Gasteiger partial charge in [-0.1, -0.05) is 71.4 Å². The first kappa shape index (κ1) is 22.4. The molecule has 0 unspecified atom stereocenters. The van der Waals surface area contributed by atoms with E-state index in [1.165, 1.54) is 22.9 Å². The molecule has 1 fully saturated rings. The van der Waals surface area contributed by atoms with Gasteiger partial charge in [0.05, 0.1) is 11.4 Å². The Morgan fingerprint density at radius 3 is 2.25 bits per heavy atom. The topological polar surface area (TPSA) is 77.0 Å². The van der Waals surface area contributed by atoms with Gasteiger partial charge in [0, 0.05) is 24.3 Å². The highest BCUT2D eigenvalue weighted by molar-refractivity contribution is 8.00. The first-order valence-electron chi connectivity index (χ1n) is 10.9. The number of nitrogens with one attached hydrogen (secondary N) is 1. The second-order valence-corrected chi connectivity index (χ2v) is 9.47. The third-order valence-corrected chi connectivity index (χ3v) is 6.45. The number of carbonyl (C=O) groups is 1. The van der Waals surface area contributed by atoms with Gasteiger partial charge >= 0.3 is 0 Å². The van der Waals surface area contributed by atoms with E-state index < -0.39 is 0 Å². The molecule has 0 saturated carbocycles. The van der Waals surface area contributed by atoms with Crippen molar-refractivity contribution in [2.24, 2.45) is 0 Å². The highest BCUT2D eigenvalue weighted by atomic mass is 32.2. The smallest absolute Gasteiger partial charge is 0.233 e. The van der Waals surface area contributed by atoms with Crippen molar-refractivity contribution in [3.8, 4) is 22.5 Å². The monoisotopic (exact) mass is 448 g/mol. The highest BCUT2D eigenvalue weighted by Gasteiger charge is 2.21. The van der Waals surface area contributed by atoms with Gasteiger partial charge in [-0.25, -0.2) is 4.98 Å². The van der Waals surface area contributed by atoms with Crippen LogP contribution in [0, 0.1) is 13.8 Å². The molecule has 1 N–H and O–H groups in total. The molecular weight excluding hydrogens is 420 g/mol. The van der Waals surface area contributed by atoms with E-state index >= 15 is 0 Å².